The smallest absolute Gasteiger partial charge is 0.416 e. The van der Waals surface area contributed by atoms with E-state index in [2.05, 4.69) is 48.1 Å². The number of unbranched alkanes of at least 4 members (excludes halogenated alkanes) is 2. The molecule has 3 heterocycles. The topological polar surface area (TPSA) is 296 Å². The minimum Gasteiger partial charge on any atom is -0.505 e. The number of phenolic OH excluding ortho intramolecular Hbond substituents is 1. The van der Waals surface area contributed by atoms with Gasteiger partial charge in [-0.05, 0) is 174 Å². The van der Waals surface area contributed by atoms with Gasteiger partial charge in [0.2, 0.25) is 11.8 Å². The molecule has 2 aliphatic rings. The third-order valence-electron chi connectivity index (χ3n) is 13.5. The summed E-state index contributed by atoms with van der Waals surface area (Å²) in [6.07, 6.45) is 9.94. The quantitative estimate of drug-likeness (QED) is 0.0107. The maximum Gasteiger partial charge on any atom is 0.416 e. The molecule has 0 unspecified atom stereocenters. The number of aryl methyl sites for hydroxylation is 5. The summed E-state index contributed by atoms with van der Waals surface area (Å²) in [7, 11) is 3.13. The Bertz CT molecular complexity index is 2920. The van der Waals surface area contributed by atoms with Gasteiger partial charge in [0, 0.05) is 66.9 Å². The van der Waals surface area contributed by atoms with Crippen molar-refractivity contribution >= 4 is 51.6 Å². The van der Waals surface area contributed by atoms with E-state index in [0.717, 1.165) is 61.5 Å². The third kappa shape index (κ3) is 24.9. The molecule has 1 aliphatic carbocycles. The molecule has 0 bridgehead atoms. The Morgan fingerprint density at radius 1 is 0.765 bits per heavy atom. The molecule has 6 rings (SSSR count). The number of halogens is 3. The van der Waals surface area contributed by atoms with Crippen LogP contribution in [0.2, 0.25) is 0 Å². The summed E-state index contributed by atoms with van der Waals surface area (Å²) in [5.41, 5.74) is 21.7. The van der Waals surface area contributed by atoms with Gasteiger partial charge in [0.15, 0.2) is 23.1 Å². The number of benzene rings is 2. The molecule has 3 amide bonds. The molecule has 2 aromatic carbocycles. The van der Waals surface area contributed by atoms with Crippen LogP contribution in [-0.4, -0.2) is 124 Å². The molecule has 0 saturated carbocycles. The monoisotopic (exact) mass is 1250 g/mol. The standard InChI is InChI=1S/C30H40FN3O6.C28H36FN5O5.CH2BrN3.CH4/c1-6-39-27(37)19-24(21-14-16-25(35)23(31)18-21)33(5)26(36)12-8-7-11-22-15-13-20-10-9-17-34(28(20)32-22)29(38)40-30(2,3)4;1-34(27(35)9-5-3-7-22-12-10-20-6-2-4-8-24(20)32-22)25(19-28(36)37)21-11-13-26(23(29)18-21)39-17-16-38-15-14-31-33-30;2-1-4-5-3;/h13-16,18,24,35H,6-12,17,19H2,1-5H3;10-13,18,25H,2-9,14-17,19H2,1H3,(H,36,37);1H2;1H4/t24-;25-;;/m00../s1. The van der Waals surface area contributed by atoms with E-state index in [0.29, 0.717) is 54.6 Å². The number of azide groups is 2. The number of anilines is 1. The fourth-order valence-corrected chi connectivity index (χ4v) is 9.40. The Kier molecular flexibility index (Phi) is 31.8. The van der Waals surface area contributed by atoms with E-state index in [-0.39, 0.29) is 83.6 Å². The summed E-state index contributed by atoms with van der Waals surface area (Å²) in [5, 5.41) is 25.4. The number of aromatic hydroxyl groups is 1. The molecular weight excluding hydrogens is 1170 g/mol. The summed E-state index contributed by atoms with van der Waals surface area (Å²) in [5.74, 6) is -3.33. The summed E-state index contributed by atoms with van der Waals surface area (Å²) in [4.78, 5) is 81.5. The lowest BCUT2D eigenvalue weighted by Gasteiger charge is -2.31. The van der Waals surface area contributed by atoms with E-state index in [4.69, 9.17) is 40.0 Å². The fourth-order valence-electron chi connectivity index (χ4n) is 9.30. The second-order valence-corrected chi connectivity index (χ2v) is 21.4. The van der Waals surface area contributed by atoms with Crippen molar-refractivity contribution in [2.24, 2.45) is 10.2 Å². The van der Waals surface area contributed by atoms with Gasteiger partial charge in [0.1, 0.15) is 18.0 Å². The number of alkyl halides is 1. The minimum atomic E-state index is -1.09. The van der Waals surface area contributed by atoms with E-state index in [9.17, 15) is 43.0 Å². The van der Waals surface area contributed by atoms with Gasteiger partial charge in [-0.2, -0.15) is 0 Å². The van der Waals surface area contributed by atoms with Crippen LogP contribution in [0.25, 0.3) is 20.9 Å². The Morgan fingerprint density at radius 2 is 1.35 bits per heavy atom. The second-order valence-electron chi connectivity index (χ2n) is 20.9. The van der Waals surface area contributed by atoms with Gasteiger partial charge in [-0.25, -0.2) is 18.6 Å². The number of rotatable bonds is 27. The number of carbonyl (C=O) groups is 5. The summed E-state index contributed by atoms with van der Waals surface area (Å²) in [6, 6.07) is 14.7. The van der Waals surface area contributed by atoms with E-state index in [1.807, 2.05) is 32.9 Å². The first-order valence-electron chi connectivity index (χ1n) is 28.1. The number of fused-ring (bicyclic) bond motifs is 2. The molecule has 464 valence electrons. The zero-order valence-electron chi connectivity index (χ0n) is 48.8. The lowest BCUT2D eigenvalue weighted by Crippen LogP contribution is -2.40. The van der Waals surface area contributed by atoms with Crippen molar-refractivity contribution in [1.29, 1.82) is 0 Å². The zero-order valence-corrected chi connectivity index (χ0v) is 50.4. The molecule has 1 aliphatic heterocycles. The number of pyridine rings is 2. The van der Waals surface area contributed by atoms with Crippen LogP contribution < -0.4 is 9.64 Å². The number of carboxylic acid groups (broad SMARTS) is 1. The third-order valence-corrected chi connectivity index (χ3v) is 13.8. The van der Waals surface area contributed by atoms with Gasteiger partial charge in [0.05, 0.1) is 50.2 Å². The van der Waals surface area contributed by atoms with Gasteiger partial charge in [0.25, 0.3) is 0 Å². The lowest BCUT2D eigenvalue weighted by molar-refractivity contribution is -0.146. The maximum absolute atomic E-state index is 14.7. The number of phenols is 1. The molecule has 4 aromatic rings. The number of ether oxygens (including phenoxy) is 4. The lowest BCUT2D eigenvalue weighted by atomic mass is 9.95. The predicted molar refractivity (Wildman–Crippen MR) is 321 cm³/mol. The highest BCUT2D eigenvalue weighted by atomic mass is 79.9. The highest BCUT2D eigenvalue weighted by molar-refractivity contribution is 9.09. The SMILES string of the molecule is C.CCOC(=O)C[C@@H](c1ccc(O)c(F)c1)N(C)C(=O)CCCCc1ccc2c(n1)N(C(=O)OC(C)(C)C)CCC2.CN(C(=O)CCCCc1ccc2c(n1)CCCC2)[C@@H](CC(=O)O)c1ccc(OCCOCCN=[N+]=[N-])c(F)c1.[N-]=[N+]=NCBr. The largest absolute Gasteiger partial charge is 0.505 e. The average Bonchev–Trinajstić information content (AvgIpc) is 3.29. The normalized spacial score (nSPS) is 12.9. The molecule has 0 saturated heterocycles. The van der Waals surface area contributed by atoms with Crippen molar-refractivity contribution in [3.05, 3.63) is 133 Å². The van der Waals surface area contributed by atoms with Gasteiger partial charge in [-0.1, -0.05) is 57.9 Å². The van der Waals surface area contributed by atoms with E-state index < -0.39 is 53.1 Å². The van der Waals surface area contributed by atoms with Crippen molar-refractivity contribution in [2.75, 3.05) is 64.0 Å². The highest BCUT2D eigenvalue weighted by Gasteiger charge is 2.30. The number of nitrogens with zero attached hydrogens (tertiary/aromatic N) is 11. The van der Waals surface area contributed by atoms with Crippen LogP contribution in [0.4, 0.5) is 19.4 Å². The Labute approximate surface area is 505 Å². The van der Waals surface area contributed by atoms with Crippen LogP contribution in [0.1, 0.15) is 157 Å². The number of amides is 3. The second kappa shape index (κ2) is 37.7. The average molecular weight is 1250 g/mol. The molecule has 2 N–H and O–H groups in total. The first-order chi connectivity index (χ1) is 40.2. The Morgan fingerprint density at radius 3 is 1.93 bits per heavy atom. The molecule has 22 nitrogen and oxygen atoms in total. The zero-order chi connectivity index (χ0) is 61.6. The number of aromatic nitrogens is 2. The van der Waals surface area contributed by atoms with Crippen LogP contribution in [0.15, 0.2) is 70.9 Å². The number of aliphatic carboxylic acids is 1. The number of esters is 1. The number of hydrogen-bond acceptors (Lipinski definition) is 14. The van der Waals surface area contributed by atoms with E-state index in [1.54, 1.807) is 32.0 Å². The molecular formula is C60H82BrF2N11O11. The summed E-state index contributed by atoms with van der Waals surface area (Å²) < 4.78 is 50.0. The van der Waals surface area contributed by atoms with E-state index >= 15 is 0 Å². The number of carbonyl (C=O) groups excluding carboxylic acids is 4. The summed E-state index contributed by atoms with van der Waals surface area (Å²) in [6.45, 7) is 8.64. The van der Waals surface area contributed by atoms with Crippen LogP contribution in [0.5, 0.6) is 11.5 Å². The summed E-state index contributed by atoms with van der Waals surface area (Å²) >= 11 is 2.89. The first-order valence-corrected chi connectivity index (χ1v) is 29.2. The first kappa shape index (κ1) is 71.7. The van der Waals surface area contributed by atoms with Gasteiger partial charge in [-0.15, -0.1) is 0 Å². The van der Waals surface area contributed by atoms with Crippen molar-refractivity contribution in [3.8, 4) is 11.5 Å². The van der Waals surface area contributed by atoms with Crippen LogP contribution in [-0.2, 0) is 65.5 Å². The molecule has 0 radical (unpaired) electrons. The highest BCUT2D eigenvalue weighted by Crippen LogP contribution is 2.32. The van der Waals surface area contributed by atoms with Gasteiger partial charge >= 0.3 is 18.0 Å². The predicted octanol–water partition coefficient (Wildman–Crippen LogP) is 13.0. The van der Waals surface area contributed by atoms with E-state index in [1.165, 1.54) is 58.2 Å². The Hall–Kier alpha value is -7.59. The van der Waals surface area contributed by atoms with Gasteiger partial charge in [-0.3, -0.25) is 29.1 Å². The van der Waals surface area contributed by atoms with Crippen molar-refractivity contribution in [1.82, 2.24) is 19.8 Å². The number of carboxylic acids is 1. The molecule has 85 heavy (non-hydrogen) atoms. The van der Waals surface area contributed by atoms with Crippen LogP contribution >= 0.6 is 15.9 Å². The van der Waals surface area contributed by atoms with Crippen molar-refractivity contribution in [3.63, 3.8) is 0 Å². The minimum absolute atomic E-state index is 0. The molecule has 2 atom stereocenters. The maximum atomic E-state index is 14.7. The Balaban J connectivity index is 0.000000408. The van der Waals surface area contributed by atoms with Crippen LogP contribution in [0, 0.1) is 11.6 Å². The molecule has 25 heteroatoms. The van der Waals surface area contributed by atoms with Crippen molar-refractivity contribution in [2.45, 2.75) is 156 Å². The van der Waals surface area contributed by atoms with Gasteiger partial charge < -0.3 is 39.0 Å². The molecule has 0 fully saturated rings. The number of hydrogen-bond donors (Lipinski definition) is 2. The van der Waals surface area contributed by atoms with Crippen LogP contribution in [0.3, 0.4) is 0 Å². The molecule has 2 aromatic heterocycles. The molecule has 0 spiro atoms. The fraction of sp³-hybridized carbons (Fsp3) is 0.550. The van der Waals surface area contributed by atoms with Crippen molar-refractivity contribution < 1.29 is 61.9 Å².